The van der Waals surface area contributed by atoms with E-state index in [0.717, 1.165) is 17.0 Å². The van der Waals surface area contributed by atoms with Gasteiger partial charge in [0.05, 0.1) is 25.0 Å². The third-order valence-corrected chi connectivity index (χ3v) is 5.93. The molecule has 3 rings (SSSR count). The Balaban J connectivity index is 1.96. The molecule has 2 aromatic heterocycles. The minimum absolute atomic E-state index is 0.0138. The molecule has 0 spiro atoms. The van der Waals surface area contributed by atoms with Crippen molar-refractivity contribution in [3.05, 3.63) is 58.0 Å². The molecule has 9 nitrogen and oxygen atoms in total. The number of benzene rings is 1. The first-order valence-corrected chi connectivity index (χ1v) is 12.1. The van der Waals surface area contributed by atoms with Crippen LogP contribution in [0.25, 0.3) is 11.3 Å². The second kappa shape index (κ2) is 12.8. The van der Waals surface area contributed by atoms with Gasteiger partial charge in [0.25, 0.3) is 5.91 Å². The number of nitrogens with one attached hydrogen (secondary N) is 1. The van der Waals surface area contributed by atoms with Crippen molar-refractivity contribution < 1.29 is 23.8 Å². The molecule has 0 atom stereocenters. The first-order chi connectivity index (χ1) is 17.0. The van der Waals surface area contributed by atoms with Crippen LogP contribution in [-0.2, 0) is 16.1 Å². The van der Waals surface area contributed by atoms with Gasteiger partial charge in [0.15, 0.2) is 4.80 Å². The summed E-state index contributed by atoms with van der Waals surface area (Å²) in [6, 6.07) is 9.15. The Kier molecular flexibility index (Phi) is 9.56. The van der Waals surface area contributed by atoms with Gasteiger partial charge in [-0.15, -0.1) is 11.3 Å². The quantitative estimate of drug-likeness (QED) is 0.407. The third-order valence-electron chi connectivity index (χ3n) is 5.07. The van der Waals surface area contributed by atoms with Crippen molar-refractivity contribution in [3.8, 4) is 22.8 Å². The minimum atomic E-state index is -0.369. The number of hydrogen-bond donors (Lipinski definition) is 1. The average molecular weight is 499 g/mol. The molecular formula is C25H30N4O5S. The molecule has 0 aliphatic heterocycles. The molecule has 0 radical (unpaired) electrons. The van der Waals surface area contributed by atoms with Gasteiger partial charge in [0.2, 0.25) is 5.91 Å². The lowest BCUT2D eigenvalue weighted by atomic mass is 10.1. The zero-order valence-corrected chi connectivity index (χ0v) is 21.2. The minimum Gasteiger partial charge on any atom is -0.496 e. The summed E-state index contributed by atoms with van der Waals surface area (Å²) in [7, 11) is 3.08. The lowest BCUT2D eigenvalue weighted by Crippen LogP contribution is -2.29. The molecule has 186 valence electrons. The largest absolute Gasteiger partial charge is 0.496 e. The number of hydrogen-bond acceptors (Lipinski definition) is 7. The second-order valence-electron chi connectivity index (χ2n) is 7.59. The highest BCUT2D eigenvalue weighted by Crippen LogP contribution is 2.33. The van der Waals surface area contributed by atoms with Crippen LogP contribution in [-0.4, -0.2) is 55.3 Å². The van der Waals surface area contributed by atoms with E-state index in [-0.39, 0.29) is 18.4 Å². The molecule has 0 aliphatic carbocycles. The van der Waals surface area contributed by atoms with E-state index < -0.39 is 0 Å². The Labute approximate surface area is 208 Å². The molecule has 0 aliphatic rings. The van der Waals surface area contributed by atoms with E-state index in [9.17, 15) is 9.59 Å². The fourth-order valence-electron chi connectivity index (χ4n) is 3.38. The third kappa shape index (κ3) is 7.00. The molecule has 35 heavy (non-hydrogen) atoms. The number of aryl methyl sites for hydroxylation is 1. The molecule has 0 bridgehead atoms. The molecule has 10 heteroatoms. The van der Waals surface area contributed by atoms with Crippen molar-refractivity contribution in [1.82, 2.24) is 14.9 Å². The van der Waals surface area contributed by atoms with E-state index in [2.05, 4.69) is 15.3 Å². The first kappa shape index (κ1) is 26.1. The summed E-state index contributed by atoms with van der Waals surface area (Å²) >= 11 is 1.36. The van der Waals surface area contributed by atoms with Crippen LogP contribution in [0.1, 0.15) is 29.4 Å². The molecule has 2 heterocycles. The molecular weight excluding hydrogens is 468 g/mol. The predicted octanol–water partition coefficient (Wildman–Crippen LogP) is 3.22. The van der Waals surface area contributed by atoms with Crippen LogP contribution in [0.4, 0.5) is 0 Å². The summed E-state index contributed by atoms with van der Waals surface area (Å²) in [4.78, 5) is 33.7. The Bertz CT molecular complexity index is 1220. The monoisotopic (exact) mass is 498 g/mol. The van der Waals surface area contributed by atoms with Crippen molar-refractivity contribution in [1.29, 1.82) is 0 Å². The van der Waals surface area contributed by atoms with Gasteiger partial charge >= 0.3 is 0 Å². The SMILES string of the molecule is CCOc1ccc(-c2csc(=NC(=O)c3ccc(C)nc3)n2CCCNC(=O)COC)c(OC)c1. The highest BCUT2D eigenvalue weighted by atomic mass is 32.1. The van der Waals surface area contributed by atoms with Crippen LogP contribution in [0.5, 0.6) is 11.5 Å². The van der Waals surface area contributed by atoms with E-state index >= 15 is 0 Å². The molecule has 0 saturated carbocycles. The molecule has 0 fully saturated rings. The molecule has 1 aromatic carbocycles. The van der Waals surface area contributed by atoms with Crippen molar-refractivity contribution in [3.63, 3.8) is 0 Å². The lowest BCUT2D eigenvalue weighted by molar-refractivity contribution is -0.124. The Morgan fingerprint density at radius 1 is 1.20 bits per heavy atom. The molecule has 0 saturated heterocycles. The number of rotatable bonds is 11. The van der Waals surface area contributed by atoms with Gasteiger partial charge in [-0.3, -0.25) is 14.6 Å². The van der Waals surface area contributed by atoms with Crippen LogP contribution in [0.15, 0.2) is 46.9 Å². The van der Waals surface area contributed by atoms with E-state index in [1.54, 1.807) is 19.2 Å². The number of methoxy groups -OCH3 is 2. The van der Waals surface area contributed by atoms with Crippen LogP contribution in [0, 0.1) is 6.92 Å². The van der Waals surface area contributed by atoms with Crippen molar-refractivity contribution >= 4 is 23.2 Å². The van der Waals surface area contributed by atoms with Crippen LogP contribution in [0.3, 0.4) is 0 Å². The Morgan fingerprint density at radius 3 is 2.71 bits per heavy atom. The van der Waals surface area contributed by atoms with Gasteiger partial charge in [-0.25, -0.2) is 0 Å². The fraction of sp³-hybridized carbons (Fsp3) is 0.360. The molecule has 1 N–H and O–H groups in total. The normalized spacial score (nSPS) is 11.4. The summed E-state index contributed by atoms with van der Waals surface area (Å²) in [5.74, 6) is 0.814. The smallest absolute Gasteiger partial charge is 0.281 e. The summed E-state index contributed by atoms with van der Waals surface area (Å²) < 4.78 is 18.0. The number of amides is 2. The number of pyridine rings is 1. The summed E-state index contributed by atoms with van der Waals surface area (Å²) in [6.07, 6.45) is 2.16. The van der Waals surface area contributed by atoms with Crippen LogP contribution >= 0.6 is 11.3 Å². The van der Waals surface area contributed by atoms with Crippen molar-refractivity contribution in [2.24, 2.45) is 4.99 Å². The van der Waals surface area contributed by atoms with Crippen LogP contribution < -0.4 is 19.6 Å². The maximum atomic E-state index is 12.8. The van der Waals surface area contributed by atoms with Gasteiger partial charge in [-0.2, -0.15) is 4.99 Å². The standard InChI is InChI=1S/C25H30N4O5S/c1-5-34-19-9-10-20(22(13-19)33-4)21-16-35-25(28-24(31)18-8-7-17(2)27-14-18)29(21)12-6-11-26-23(30)15-32-3/h7-10,13-14,16H,5-6,11-12,15H2,1-4H3,(H,26,30). The number of nitrogens with zero attached hydrogens (tertiary/aromatic N) is 3. The maximum Gasteiger partial charge on any atom is 0.281 e. The molecule has 0 unspecified atom stereocenters. The zero-order chi connectivity index (χ0) is 25.2. The Hall–Kier alpha value is -3.50. The second-order valence-corrected chi connectivity index (χ2v) is 8.43. The number of carbonyl (C=O) groups is 2. The molecule has 3 aromatic rings. The topological polar surface area (TPSA) is 104 Å². The highest BCUT2D eigenvalue weighted by molar-refractivity contribution is 7.07. The molecule has 2 amide bonds. The van der Waals surface area contributed by atoms with Gasteiger partial charge in [-0.1, -0.05) is 0 Å². The van der Waals surface area contributed by atoms with Crippen molar-refractivity contribution in [2.75, 3.05) is 34.0 Å². The highest BCUT2D eigenvalue weighted by Gasteiger charge is 2.15. The zero-order valence-electron chi connectivity index (χ0n) is 20.4. The average Bonchev–Trinajstić information content (AvgIpc) is 3.24. The first-order valence-electron chi connectivity index (χ1n) is 11.2. The maximum absolute atomic E-state index is 12.8. The number of ether oxygens (including phenoxy) is 3. The van der Waals surface area contributed by atoms with Crippen molar-refractivity contribution in [2.45, 2.75) is 26.8 Å². The van der Waals surface area contributed by atoms with Gasteiger partial charge < -0.3 is 24.1 Å². The predicted molar refractivity (Wildman–Crippen MR) is 134 cm³/mol. The fourth-order valence-corrected chi connectivity index (χ4v) is 4.31. The lowest BCUT2D eigenvalue weighted by Gasteiger charge is -2.14. The van der Waals surface area contributed by atoms with E-state index in [4.69, 9.17) is 14.2 Å². The Morgan fingerprint density at radius 2 is 2.03 bits per heavy atom. The van der Waals surface area contributed by atoms with Gasteiger partial charge in [-0.05, 0) is 44.5 Å². The summed E-state index contributed by atoms with van der Waals surface area (Å²) in [6.45, 7) is 5.34. The van der Waals surface area contributed by atoms with Gasteiger partial charge in [0.1, 0.15) is 18.1 Å². The number of aromatic nitrogens is 2. The number of carbonyl (C=O) groups excluding carboxylic acids is 2. The number of thiazole rings is 1. The van der Waals surface area contributed by atoms with Crippen LogP contribution in [0.2, 0.25) is 0 Å². The van der Waals surface area contributed by atoms with E-state index in [0.29, 0.717) is 48.0 Å². The van der Waals surface area contributed by atoms with E-state index in [1.807, 2.05) is 42.0 Å². The summed E-state index contributed by atoms with van der Waals surface area (Å²) in [5, 5.41) is 4.77. The summed E-state index contributed by atoms with van der Waals surface area (Å²) in [5.41, 5.74) is 2.95. The van der Waals surface area contributed by atoms with Gasteiger partial charge in [0, 0.05) is 49.1 Å². The van der Waals surface area contributed by atoms with E-state index in [1.165, 1.54) is 24.6 Å².